The molecule has 96 valence electrons. The van der Waals surface area contributed by atoms with Crippen LogP contribution < -0.4 is 0 Å². The highest BCUT2D eigenvalue weighted by molar-refractivity contribution is 7.99. The molecule has 5 heteroatoms. The predicted octanol–water partition coefficient (Wildman–Crippen LogP) is 2.72. The Morgan fingerprint density at radius 3 is 2.44 bits per heavy atom. The van der Waals surface area contributed by atoms with Gasteiger partial charge in [-0.2, -0.15) is 0 Å². The van der Waals surface area contributed by atoms with Crippen LogP contribution in [0.3, 0.4) is 0 Å². The molecule has 18 heavy (non-hydrogen) atoms. The van der Waals surface area contributed by atoms with Gasteiger partial charge in [0.15, 0.2) is 5.16 Å². The lowest BCUT2D eigenvalue weighted by molar-refractivity contribution is 0.173. The molecule has 1 heterocycles. The summed E-state index contributed by atoms with van der Waals surface area (Å²) in [4.78, 5) is 1.09. The first kappa shape index (κ1) is 13.1. The highest BCUT2D eigenvalue weighted by atomic mass is 32.2. The number of nitrogens with zero attached hydrogens (tertiary/aromatic N) is 3. The van der Waals surface area contributed by atoms with Crippen LogP contribution in [0.4, 0.5) is 0 Å². The molecular weight excluding hydrogens is 246 g/mol. The zero-order chi connectivity index (χ0) is 13.1. The lowest BCUT2D eigenvalue weighted by Crippen LogP contribution is -1.95. The third kappa shape index (κ3) is 2.73. The van der Waals surface area contributed by atoms with Crippen LogP contribution in [-0.2, 0) is 7.05 Å². The van der Waals surface area contributed by atoms with Crippen molar-refractivity contribution in [3.63, 3.8) is 0 Å². The maximum absolute atomic E-state index is 9.72. The summed E-state index contributed by atoms with van der Waals surface area (Å²) in [5.41, 5.74) is 0.955. The molecule has 1 N–H and O–H groups in total. The number of aromatic nitrogens is 3. The molecule has 0 fully saturated rings. The van der Waals surface area contributed by atoms with Gasteiger partial charge in [-0.25, -0.2) is 0 Å². The van der Waals surface area contributed by atoms with Crippen molar-refractivity contribution in [3.05, 3.63) is 35.7 Å². The first-order valence-corrected chi connectivity index (χ1v) is 6.75. The molecule has 4 nitrogen and oxygen atoms in total. The second-order valence-corrected chi connectivity index (χ2v) is 5.22. The highest BCUT2D eigenvalue weighted by Gasteiger charge is 2.08. The smallest absolute Gasteiger partial charge is 0.195 e. The van der Waals surface area contributed by atoms with E-state index in [1.54, 1.807) is 11.8 Å². The van der Waals surface area contributed by atoms with Gasteiger partial charge in [0, 0.05) is 11.9 Å². The van der Waals surface area contributed by atoms with E-state index in [9.17, 15) is 5.11 Å². The van der Waals surface area contributed by atoms with Gasteiger partial charge in [-0.15, -0.1) is 10.2 Å². The quantitative estimate of drug-likeness (QED) is 0.921. The van der Waals surface area contributed by atoms with Gasteiger partial charge >= 0.3 is 0 Å². The van der Waals surface area contributed by atoms with Crippen molar-refractivity contribution >= 4 is 11.8 Å². The van der Waals surface area contributed by atoms with Crippen LogP contribution in [0.5, 0.6) is 0 Å². The maximum atomic E-state index is 9.72. The molecule has 0 saturated heterocycles. The van der Waals surface area contributed by atoms with Gasteiger partial charge in [0.25, 0.3) is 0 Å². The van der Waals surface area contributed by atoms with Crippen LogP contribution >= 0.6 is 11.8 Å². The van der Waals surface area contributed by atoms with Gasteiger partial charge in [0.05, 0.1) is 6.10 Å². The van der Waals surface area contributed by atoms with Crippen LogP contribution in [-0.4, -0.2) is 19.9 Å². The van der Waals surface area contributed by atoms with Gasteiger partial charge in [-0.3, -0.25) is 0 Å². The van der Waals surface area contributed by atoms with Gasteiger partial charge in [0.1, 0.15) is 5.82 Å². The molecule has 0 bridgehead atoms. The topological polar surface area (TPSA) is 50.9 Å². The largest absolute Gasteiger partial charge is 0.388 e. The van der Waals surface area contributed by atoms with Crippen molar-refractivity contribution in [2.45, 2.75) is 36.4 Å². The fourth-order valence-electron chi connectivity index (χ4n) is 1.58. The number of aliphatic hydroxyl groups is 1. The average Bonchev–Trinajstić information content (AvgIpc) is 2.71. The monoisotopic (exact) mass is 263 g/mol. The Kier molecular flexibility index (Phi) is 4.04. The molecule has 1 aromatic heterocycles. The molecule has 0 aliphatic heterocycles. The first-order valence-electron chi connectivity index (χ1n) is 5.93. The van der Waals surface area contributed by atoms with Crippen molar-refractivity contribution in [1.29, 1.82) is 0 Å². The highest BCUT2D eigenvalue weighted by Crippen LogP contribution is 2.27. The third-order valence-electron chi connectivity index (χ3n) is 2.91. The van der Waals surface area contributed by atoms with E-state index in [1.807, 2.05) is 49.7 Å². The normalized spacial score (nSPS) is 12.7. The molecule has 1 atom stereocenters. The number of aliphatic hydroxyl groups excluding tert-OH is 1. The second-order valence-electron chi connectivity index (χ2n) is 4.18. The standard InChI is InChI=1S/C13H17N3OS/c1-4-12(17)10-5-7-11(8-6-10)18-13-15-14-9(2)16(13)3/h5-8,12,17H,4H2,1-3H3/t12-/m1/s1. The van der Waals surface area contributed by atoms with Gasteiger partial charge in [0.2, 0.25) is 0 Å². The van der Waals surface area contributed by atoms with Crippen molar-refractivity contribution < 1.29 is 5.11 Å². The van der Waals surface area contributed by atoms with Gasteiger partial charge in [-0.05, 0) is 42.8 Å². The average molecular weight is 263 g/mol. The van der Waals surface area contributed by atoms with E-state index in [0.29, 0.717) is 0 Å². The molecule has 2 aromatic rings. The summed E-state index contributed by atoms with van der Waals surface area (Å²) in [5, 5.41) is 18.7. The summed E-state index contributed by atoms with van der Waals surface area (Å²) in [6.07, 6.45) is 0.357. The predicted molar refractivity (Wildman–Crippen MR) is 71.6 cm³/mol. The summed E-state index contributed by atoms with van der Waals surface area (Å²) >= 11 is 1.57. The Hall–Kier alpha value is -1.33. The minimum absolute atomic E-state index is 0.374. The zero-order valence-electron chi connectivity index (χ0n) is 10.8. The van der Waals surface area contributed by atoms with Crippen molar-refractivity contribution in [2.75, 3.05) is 0 Å². The summed E-state index contributed by atoms with van der Waals surface area (Å²) in [6.45, 7) is 3.90. The number of hydrogen-bond acceptors (Lipinski definition) is 4. The molecule has 0 saturated carbocycles. The number of rotatable bonds is 4. The van der Waals surface area contributed by atoms with E-state index in [2.05, 4.69) is 10.2 Å². The molecule has 0 amide bonds. The molecule has 0 radical (unpaired) electrons. The van der Waals surface area contributed by atoms with Gasteiger partial charge in [-0.1, -0.05) is 19.1 Å². The summed E-state index contributed by atoms with van der Waals surface area (Å²) in [5.74, 6) is 0.899. The van der Waals surface area contributed by atoms with E-state index in [4.69, 9.17) is 0 Å². The zero-order valence-corrected chi connectivity index (χ0v) is 11.6. The van der Waals surface area contributed by atoms with E-state index < -0.39 is 0 Å². The Bertz CT molecular complexity index is 522. The second kappa shape index (κ2) is 5.54. The molecule has 0 spiro atoms. The third-order valence-corrected chi connectivity index (χ3v) is 3.96. The fraction of sp³-hybridized carbons (Fsp3) is 0.385. The number of aryl methyl sites for hydroxylation is 1. The fourth-order valence-corrected chi connectivity index (χ4v) is 2.41. The molecule has 0 aliphatic carbocycles. The Morgan fingerprint density at radius 2 is 1.94 bits per heavy atom. The van der Waals surface area contributed by atoms with E-state index in [0.717, 1.165) is 27.9 Å². The summed E-state index contributed by atoms with van der Waals surface area (Å²) in [6, 6.07) is 7.92. The summed E-state index contributed by atoms with van der Waals surface area (Å²) in [7, 11) is 1.95. The number of hydrogen-bond donors (Lipinski definition) is 1. The van der Waals surface area contributed by atoms with Crippen LogP contribution in [0.25, 0.3) is 0 Å². The Morgan fingerprint density at radius 1 is 1.28 bits per heavy atom. The lowest BCUT2D eigenvalue weighted by Gasteiger charge is -2.08. The lowest BCUT2D eigenvalue weighted by atomic mass is 10.1. The van der Waals surface area contributed by atoms with Crippen LogP contribution in [0.15, 0.2) is 34.3 Å². The minimum atomic E-state index is -0.374. The molecule has 2 rings (SSSR count). The van der Waals surface area contributed by atoms with Gasteiger partial charge < -0.3 is 9.67 Å². The maximum Gasteiger partial charge on any atom is 0.195 e. The van der Waals surface area contributed by atoms with Crippen molar-refractivity contribution in [1.82, 2.24) is 14.8 Å². The molecular formula is C13H17N3OS. The van der Waals surface area contributed by atoms with E-state index >= 15 is 0 Å². The first-order chi connectivity index (χ1) is 8.61. The minimum Gasteiger partial charge on any atom is -0.388 e. The Balaban J connectivity index is 2.13. The van der Waals surface area contributed by atoms with Crippen molar-refractivity contribution in [2.24, 2.45) is 7.05 Å². The van der Waals surface area contributed by atoms with Crippen LogP contribution in [0.2, 0.25) is 0 Å². The van der Waals surface area contributed by atoms with Crippen molar-refractivity contribution in [3.8, 4) is 0 Å². The van der Waals surface area contributed by atoms with Crippen LogP contribution in [0.1, 0.15) is 30.8 Å². The SMILES string of the molecule is CC[C@@H](O)c1ccc(Sc2nnc(C)n2C)cc1. The molecule has 1 aromatic carbocycles. The Labute approximate surface area is 111 Å². The molecule has 0 aliphatic rings. The van der Waals surface area contributed by atoms with E-state index in [1.165, 1.54) is 0 Å². The van der Waals surface area contributed by atoms with Crippen LogP contribution in [0, 0.1) is 6.92 Å². The summed E-state index contributed by atoms with van der Waals surface area (Å²) < 4.78 is 1.96. The number of benzene rings is 1. The molecule has 0 unspecified atom stereocenters. The van der Waals surface area contributed by atoms with E-state index in [-0.39, 0.29) is 6.10 Å².